The molecule has 0 bridgehead atoms. The van der Waals surface area contributed by atoms with E-state index in [0.717, 1.165) is 107 Å². The topological polar surface area (TPSA) is 141 Å². The third-order valence-corrected chi connectivity index (χ3v) is 12.5. The Bertz CT molecular complexity index is 2750. The molecule has 0 aliphatic rings. The Morgan fingerprint density at radius 1 is 0.307 bits per heavy atom. The molecule has 6 aromatic carbocycles. The summed E-state index contributed by atoms with van der Waals surface area (Å²) in [6.45, 7) is 34.9. The molecule has 0 unspecified atom stereocenters. The van der Waals surface area contributed by atoms with Gasteiger partial charge in [0, 0.05) is 30.8 Å². The smallest absolute Gasteiger partial charge is 0.872 e. The van der Waals surface area contributed by atoms with Gasteiger partial charge in [-0.05, 0) is 226 Å². The third kappa shape index (κ3) is 17.9. The Kier molecular flexibility index (Phi) is 24.7. The minimum atomic E-state index is -0.218. The van der Waals surface area contributed by atoms with Crippen LogP contribution in [0.3, 0.4) is 0 Å². The molecule has 0 atom stereocenters. The van der Waals surface area contributed by atoms with Gasteiger partial charge in [0.25, 0.3) is 0 Å². The molecule has 0 spiro atoms. The zero-order valence-corrected chi connectivity index (χ0v) is 50.0. The molecule has 8 nitrogen and oxygen atoms in total. The number of amides is 1. The van der Waals surface area contributed by atoms with E-state index < -0.39 is 0 Å². The van der Waals surface area contributed by atoms with Crippen LogP contribution in [0.1, 0.15) is 148 Å². The summed E-state index contributed by atoms with van der Waals surface area (Å²) < 4.78 is 0. The van der Waals surface area contributed by atoms with Gasteiger partial charge in [-0.2, -0.15) is 0 Å². The zero-order chi connectivity index (χ0) is 56.2. The van der Waals surface area contributed by atoms with E-state index in [9.17, 15) is 34.5 Å². The first-order valence-electron chi connectivity index (χ1n) is 24.8. The summed E-state index contributed by atoms with van der Waals surface area (Å²) in [5.41, 5.74) is 21.4. The predicted octanol–water partition coefficient (Wildman–Crippen LogP) is 12.1. The molecule has 0 heterocycles. The van der Waals surface area contributed by atoms with Crippen molar-refractivity contribution in [1.82, 2.24) is 4.90 Å². The minimum absolute atomic E-state index is 0. The molecular weight excluding hydrogens is 1080 g/mol. The largest absolute Gasteiger partial charge is 3.00 e. The van der Waals surface area contributed by atoms with Crippen LogP contribution in [-0.4, -0.2) is 42.8 Å². The predicted molar refractivity (Wildman–Crippen MR) is 301 cm³/mol. The average molecular weight is 1150 g/mol. The van der Waals surface area contributed by atoms with Gasteiger partial charge in [-0.25, -0.2) is 0 Å². The summed E-state index contributed by atoms with van der Waals surface area (Å²) in [5, 5.41) is 37.8. The van der Waals surface area contributed by atoms with Crippen molar-refractivity contribution in [1.29, 1.82) is 0 Å². The van der Waals surface area contributed by atoms with Crippen LogP contribution in [0.5, 0.6) is 0 Å². The van der Waals surface area contributed by atoms with E-state index in [4.69, 9.17) is 0 Å². The number of carbonyl (C=O) groups is 4. The number of ketones is 3. The second-order valence-corrected chi connectivity index (χ2v) is 20.3. The minimum Gasteiger partial charge on any atom is -0.872 e. The number of rotatable bonds is 10. The van der Waals surface area contributed by atoms with Crippen molar-refractivity contribution in [2.45, 2.75) is 125 Å². The van der Waals surface area contributed by atoms with Crippen LogP contribution >= 0.6 is 0 Å². The number of carbonyl (C=O) groups excluding carboxylic acids is 4. The number of nitrogens with zero attached hydrogens (tertiary/aromatic N) is 1. The Balaban J connectivity index is 0.000000365. The molecule has 396 valence electrons. The maximum Gasteiger partial charge on any atom is 3.00 e. The molecule has 6 aromatic rings. The molecule has 0 aromatic heterocycles. The Labute approximate surface area is 478 Å². The number of allylic oxidation sites excluding steroid dienone is 3. The standard InChI is InChI=1S/3C21H24O2.C3H7NO.Tb/c3*1-12-7-14(3)20(15(4)8-12)18(22)11-19(23)21-16(5)9-13(2)10-17(21)6;1-4(2)3-5;/h3*7-11,22H,1-6H3;3H,1-2H3;/q;;;;+3/p-3/b3*18-11-;;. The van der Waals surface area contributed by atoms with Gasteiger partial charge in [0.05, 0.1) is 0 Å². The van der Waals surface area contributed by atoms with Gasteiger partial charge in [0.1, 0.15) is 0 Å². The van der Waals surface area contributed by atoms with Gasteiger partial charge in [0.2, 0.25) is 6.41 Å². The fourth-order valence-electron chi connectivity index (χ4n) is 10.2. The molecule has 0 aliphatic carbocycles. The summed E-state index contributed by atoms with van der Waals surface area (Å²) in [5.74, 6) is -1.31. The van der Waals surface area contributed by atoms with Gasteiger partial charge < -0.3 is 20.2 Å². The molecule has 0 saturated heterocycles. The zero-order valence-electron chi connectivity index (χ0n) is 47.9. The number of hydrogen-bond acceptors (Lipinski definition) is 7. The quantitative estimate of drug-likeness (QED) is 0.0575. The first-order valence-corrected chi connectivity index (χ1v) is 24.8. The van der Waals surface area contributed by atoms with Gasteiger partial charge in [0.15, 0.2) is 17.3 Å². The van der Waals surface area contributed by atoms with E-state index in [0.29, 0.717) is 33.4 Å². The van der Waals surface area contributed by atoms with Gasteiger partial charge in [-0.1, -0.05) is 123 Å². The van der Waals surface area contributed by atoms with Crippen LogP contribution in [-0.2, 0) is 4.79 Å². The van der Waals surface area contributed by atoms with Crippen molar-refractivity contribution < 1.29 is 73.1 Å². The summed E-state index contributed by atoms with van der Waals surface area (Å²) in [4.78, 5) is 48.7. The normalized spacial score (nSPS) is 11.2. The Morgan fingerprint density at radius 3 is 0.547 bits per heavy atom. The summed E-state index contributed by atoms with van der Waals surface area (Å²) in [6.07, 6.45) is 4.44. The summed E-state index contributed by atoms with van der Waals surface area (Å²) >= 11 is 0. The molecule has 9 heteroatoms. The Morgan fingerprint density at radius 2 is 0.427 bits per heavy atom. The van der Waals surface area contributed by atoms with E-state index in [1.807, 2.05) is 197 Å². The van der Waals surface area contributed by atoms with E-state index in [1.165, 1.54) is 23.1 Å². The van der Waals surface area contributed by atoms with Gasteiger partial charge in [-0.3, -0.25) is 19.2 Å². The van der Waals surface area contributed by atoms with Crippen LogP contribution in [0.4, 0.5) is 0 Å². The van der Waals surface area contributed by atoms with Crippen LogP contribution in [0.2, 0.25) is 0 Å². The maximum atomic E-state index is 12.6. The molecular formula is C66H76NO7Tb. The average Bonchev–Trinajstić information content (AvgIpc) is 3.22. The van der Waals surface area contributed by atoms with Crippen LogP contribution in [0.25, 0.3) is 17.3 Å². The first kappa shape index (κ1) is 64.8. The van der Waals surface area contributed by atoms with Crippen LogP contribution < -0.4 is 15.3 Å². The van der Waals surface area contributed by atoms with Crippen molar-refractivity contribution in [3.8, 4) is 0 Å². The Hall–Kier alpha value is -6.29. The van der Waals surface area contributed by atoms with E-state index >= 15 is 0 Å². The number of benzene rings is 6. The van der Waals surface area contributed by atoms with Crippen molar-refractivity contribution in [2.75, 3.05) is 14.1 Å². The monoisotopic (exact) mass is 1150 g/mol. The van der Waals surface area contributed by atoms with Crippen molar-refractivity contribution >= 4 is 41.0 Å². The van der Waals surface area contributed by atoms with Crippen molar-refractivity contribution in [3.05, 3.63) is 225 Å². The first-order chi connectivity index (χ1) is 34.4. The fraction of sp³-hybridized carbons (Fsp3) is 0.303. The maximum absolute atomic E-state index is 12.6. The van der Waals surface area contributed by atoms with E-state index in [1.54, 1.807) is 14.1 Å². The van der Waals surface area contributed by atoms with Gasteiger partial charge >= 0.3 is 38.6 Å². The summed E-state index contributed by atoms with van der Waals surface area (Å²) in [6, 6.07) is 23.7. The second kappa shape index (κ2) is 28.6. The molecule has 0 aliphatic heterocycles. The fourth-order valence-corrected chi connectivity index (χ4v) is 10.2. The van der Waals surface area contributed by atoms with Crippen LogP contribution in [0, 0.1) is 163 Å². The molecule has 0 saturated carbocycles. The van der Waals surface area contributed by atoms with Crippen molar-refractivity contribution in [2.24, 2.45) is 0 Å². The molecule has 0 fully saturated rings. The van der Waals surface area contributed by atoms with Gasteiger partial charge in [-0.15, -0.1) is 0 Å². The van der Waals surface area contributed by atoms with Crippen molar-refractivity contribution in [3.63, 3.8) is 0 Å². The molecule has 0 radical (unpaired) electrons. The van der Waals surface area contributed by atoms with E-state index in [-0.39, 0.29) is 73.2 Å². The summed E-state index contributed by atoms with van der Waals surface area (Å²) in [7, 11) is 3.38. The van der Waals surface area contributed by atoms with E-state index in [2.05, 4.69) is 0 Å². The SMILES string of the molecule is CN(C)C=O.Cc1cc(C)c(C(=O)/C=C(\[O-])c2c(C)cc(C)cc2C)c(C)c1.Cc1cc(C)c(C(=O)/C=C(\[O-])c2c(C)cc(C)cc2C)c(C)c1.Cc1cc(C)c(C(=O)/C=C(\[O-])c2c(C)cc(C)cc2C)c(C)c1.[Tb+3]. The second-order valence-electron chi connectivity index (χ2n) is 20.3. The molecule has 75 heavy (non-hydrogen) atoms. The third-order valence-electron chi connectivity index (χ3n) is 12.5. The number of aryl methyl sites for hydroxylation is 18. The molecule has 0 N–H and O–H groups in total. The molecule has 1 amide bonds. The number of hydrogen-bond donors (Lipinski definition) is 0. The molecule has 6 rings (SSSR count). The van der Waals surface area contributed by atoms with Crippen LogP contribution in [0.15, 0.2) is 91.0 Å².